The number of nitrogens with one attached hydrogen (secondary N) is 1. The zero-order chi connectivity index (χ0) is 15.5. The molecule has 1 aromatic carbocycles. The van der Waals surface area contributed by atoms with Gasteiger partial charge in [0.25, 0.3) is 5.91 Å². The van der Waals surface area contributed by atoms with E-state index in [-0.39, 0.29) is 12.0 Å². The number of aromatic nitrogens is 1. The van der Waals surface area contributed by atoms with Crippen LogP contribution in [0.4, 0.5) is 10.5 Å². The van der Waals surface area contributed by atoms with E-state index in [0.29, 0.717) is 30.9 Å². The van der Waals surface area contributed by atoms with Gasteiger partial charge in [0.1, 0.15) is 11.6 Å². The fourth-order valence-corrected chi connectivity index (χ4v) is 2.90. The number of rotatable bonds is 4. The molecule has 2 amide bonds. The van der Waals surface area contributed by atoms with Gasteiger partial charge in [-0.05, 0) is 25.1 Å². The summed E-state index contributed by atoms with van der Waals surface area (Å²) < 4.78 is 4.91. The number of carbonyl (C=O) groups is 2. The molecule has 0 aliphatic carbocycles. The van der Waals surface area contributed by atoms with Crippen molar-refractivity contribution in [3.8, 4) is 0 Å². The summed E-state index contributed by atoms with van der Waals surface area (Å²) in [5.74, 6) is -0.192. The lowest BCUT2D eigenvalue weighted by Gasteiger charge is -2.13. The third-order valence-electron chi connectivity index (χ3n) is 3.25. The molecule has 3 rings (SSSR count). The van der Waals surface area contributed by atoms with Crippen molar-refractivity contribution in [3.63, 3.8) is 0 Å². The third kappa shape index (κ3) is 3.09. The summed E-state index contributed by atoms with van der Waals surface area (Å²) in [5.41, 5.74) is 2.12. The van der Waals surface area contributed by atoms with Gasteiger partial charge in [-0.1, -0.05) is 6.07 Å². The van der Waals surface area contributed by atoms with Gasteiger partial charge in [0.15, 0.2) is 0 Å². The number of amides is 2. The molecular formula is C15H15N3O3S. The van der Waals surface area contributed by atoms with Crippen molar-refractivity contribution in [2.75, 3.05) is 18.1 Å². The molecule has 1 aliphatic heterocycles. The van der Waals surface area contributed by atoms with Gasteiger partial charge in [0, 0.05) is 22.3 Å². The van der Waals surface area contributed by atoms with E-state index in [9.17, 15) is 9.59 Å². The lowest BCUT2D eigenvalue weighted by molar-refractivity contribution is 0.0950. The Morgan fingerprint density at radius 1 is 1.50 bits per heavy atom. The number of nitrogens with zero attached hydrogens (tertiary/aromatic N) is 2. The van der Waals surface area contributed by atoms with Crippen LogP contribution in [0.15, 0.2) is 29.6 Å². The minimum Gasteiger partial charge on any atom is -0.447 e. The standard InChI is InChI=1S/C15H15N3O3S/c1-10-9-22-13(17-10)8-16-14(19)11-3-2-4-12(7-11)18-5-6-21-15(18)20/h2-4,7,9H,5-6,8H2,1H3,(H,16,19). The lowest BCUT2D eigenvalue weighted by Crippen LogP contribution is -2.25. The van der Waals surface area contributed by atoms with Crippen LogP contribution in [0.5, 0.6) is 0 Å². The molecule has 0 atom stereocenters. The number of ether oxygens (including phenoxy) is 1. The Morgan fingerprint density at radius 2 is 2.36 bits per heavy atom. The van der Waals surface area contributed by atoms with Crippen LogP contribution in [0.3, 0.4) is 0 Å². The SMILES string of the molecule is Cc1csc(CNC(=O)c2cccc(N3CCOC3=O)c2)n1. The van der Waals surface area contributed by atoms with Gasteiger partial charge in [-0.25, -0.2) is 9.78 Å². The molecule has 6 nitrogen and oxygen atoms in total. The zero-order valence-electron chi connectivity index (χ0n) is 12.0. The van der Waals surface area contributed by atoms with Crippen LogP contribution in [0, 0.1) is 6.92 Å². The first-order valence-electron chi connectivity index (χ1n) is 6.87. The van der Waals surface area contributed by atoms with Gasteiger partial charge in [-0.3, -0.25) is 9.69 Å². The van der Waals surface area contributed by atoms with Crippen LogP contribution >= 0.6 is 11.3 Å². The van der Waals surface area contributed by atoms with Gasteiger partial charge >= 0.3 is 6.09 Å². The first-order chi connectivity index (χ1) is 10.6. The minimum atomic E-state index is -0.379. The second kappa shape index (κ2) is 6.15. The van der Waals surface area contributed by atoms with Gasteiger partial charge < -0.3 is 10.1 Å². The Balaban J connectivity index is 1.68. The molecule has 1 aromatic heterocycles. The minimum absolute atomic E-state index is 0.192. The molecule has 1 fully saturated rings. The van der Waals surface area contributed by atoms with Gasteiger partial charge in [0.05, 0.1) is 13.1 Å². The van der Waals surface area contributed by atoms with Crippen molar-refractivity contribution in [3.05, 3.63) is 45.9 Å². The molecule has 0 unspecified atom stereocenters. The maximum atomic E-state index is 12.2. The Bertz CT molecular complexity index is 714. The maximum absolute atomic E-state index is 12.2. The molecule has 2 aromatic rings. The number of thiazole rings is 1. The average Bonchev–Trinajstić information content (AvgIpc) is 3.13. The van der Waals surface area contributed by atoms with E-state index in [1.807, 2.05) is 12.3 Å². The zero-order valence-corrected chi connectivity index (χ0v) is 12.9. The molecule has 1 N–H and O–H groups in total. The maximum Gasteiger partial charge on any atom is 0.414 e. The second-order valence-electron chi connectivity index (χ2n) is 4.88. The molecule has 114 valence electrons. The number of hydrogen-bond donors (Lipinski definition) is 1. The average molecular weight is 317 g/mol. The fraction of sp³-hybridized carbons (Fsp3) is 0.267. The van der Waals surface area contributed by atoms with Gasteiger partial charge in [-0.15, -0.1) is 11.3 Å². The van der Waals surface area contributed by atoms with E-state index in [0.717, 1.165) is 10.7 Å². The highest BCUT2D eigenvalue weighted by atomic mass is 32.1. The molecule has 0 radical (unpaired) electrons. The number of anilines is 1. The largest absolute Gasteiger partial charge is 0.447 e. The van der Waals surface area contributed by atoms with Crippen LogP contribution in [-0.4, -0.2) is 30.1 Å². The summed E-state index contributed by atoms with van der Waals surface area (Å²) in [4.78, 5) is 29.6. The first-order valence-corrected chi connectivity index (χ1v) is 7.75. The van der Waals surface area contributed by atoms with Crippen molar-refractivity contribution in [2.45, 2.75) is 13.5 Å². The number of cyclic esters (lactones) is 1. The Morgan fingerprint density at radius 3 is 3.05 bits per heavy atom. The summed E-state index contributed by atoms with van der Waals surface area (Å²) in [6, 6.07) is 6.94. The molecule has 0 bridgehead atoms. The predicted octanol–water partition coefficient (Wildman–Crippen LogP) is 2.34. The third-order valence-corrected chi connectivity index (χ3v) is 4.21. The monoisotopic (exact) mass is 317 g/mol. The molecule has 1 saturated heterocycles. The quantitative estimate of drug-likeness (QED) is 0.939. The van der Waals surface area contributed by atoms with Crippen molar-refractivity contribution in [1.29, 1.82) is 0 Å². The normalized spacial score (nSPS) is 14.0. The summed E-state index contributed by atoms with van der Waals surface area (Å²) in [7, 11) is 0. The number of benzene rings is 1. The molecule has 1 aliphatic rings. The van der Waals surface area contributed by atoms with Crippen LogP contribution < -0.4 is 10.2 Å². The number of carbonyl (C=O) groups excluding carboxylic acids is 2. The van der Waals surface area contributed by atoms with Crippen LogP contribution in [-0.2, 0) is 11.3 Å². The summed E-state index contributed by atoms with van der Waals surface area (Å²) in [6.45, 7) is 3.19. The molecular weight excluding hydrogens is 302 g/mol. The summed E-state index contributed by atoms with van der Waals surface area (Å²) in [6.07, 6.45) is -0.379. The van der Waals surface area contributed by atoms with Crippen LogP contribution in [0.25, 0.3) is 0 Å². The molecule has 0 saturated carbocycles. The van der Waals surface area contributed by atoms with Crippen LogP contribution in [0.1, 0.15) is 21.1 Å². The number of aryl methyl sites for hydroxylation is 1. The highest BCUT2D eigenvalue weighted by molar-refractivity contribution is 7.09. The van der Waals surface area contributed by atoms with Crippen molar-refractivity contribution in [2.24, 2.45) is 0 Å². The topological polar surface area (TPSA) is 71.5 Å². The van der Waals surface area contributed by atoms with E-state index in [1.165, 1.54) is 16.2 Å². The second-order valence-corrected chi connectivity index (χ2v) is 5.82. The van der Waals surface area contributed by atoms with E-state index < -0.39 is 0 Å². The summed E-state index contributed by atoms with van der Waals surface area (Å²) >= 11 is 1.52. The molecule has 0 spiro atoms. The molecule has 22 heavy (non-hydrogen) atoms. The fourth-order valence-electron chi connectivity index (χ4n) is 2.18. The molecule has 7 heteroatoms. The van der Waals surface area contributed by atoms with Crippen molar-refractivity contribution in [1.82, 2.24) is 10.3 Å². The Kier molecular flexibility index (Phi) is 4.06. The predicted molar refractivity (Wildman–Crippen MR) is 83.2 cm³/mol. The summed E-state index contributed by atoms with van der Waals surface area (Å²) in [5, 5.41) is 5.64. The number of hydrogen-bond acceptors (Lipinski definition) is 5. The van der Waals surface area contributed by atoms with E-state index in [2.05, 4.69) is 10.3 Å². The van der Waals surface area contributed by atoms with E-state index in [1.54, 1.807) is 24.3 Å². The first kappa shape index (κ1) is 14.5. The highest BCUT2D eigenvalue weighted by Gasteiger charge is 2.24. The highest BCUT2D eigenvalue weighted by Crippen LogP contribution is 2.20. The lowest BCUT2D eigenvalue weighted by atomic mass is 10.1. The smallest absolute Gasteiger partial charge is 0.414 e. The van der Waals surface area contributed by atoms with Crippen LogP contribution in [0.2, 0.25) is 0 Å². The Hall–Kier alpha value is -2.41. The van der Waals surface area contributed by atoms with E-state index >= 15 is 0 Å². The Labute approximate surface area is 131 Å². The van der Waals surface area contributed by atoms with Crippen molar-refractivity contribution >= 4 is 29.0 Å². The van der Waals surface area contributed by atoms with Gasteiger partial charge in [0.2, 0.25) is 0 Å². The van der Waals surface area contributed by atoms with Gasteiger partial charge in [-0.2, -0.15) is 0 Å². The van der Waals surface area contributed by atoms with E-state index in [4.69, 9.17) is 4.74 Å². The van der Waals surface area contributed by atoms with Crippen molar-refractivity contribution < 1.29 is 14.3 Å². The molecule has 2 heterocycles.